The van der Waals surface area contributed by atoms with Gasteiger partial charge in [0.15, 0.2) is 5.75 Å². The van der Waals surface area contributed by atoms with Crippen LogP contribution in [0.15, 0.2) is 36.5 Å². The van der Waals surface area contributed by atoms with E-state index in [2.05, 4.69) is 15.6 Å². The molecule has 2 heterocycles. The summed E-state index contributed by atoms with van der Waals surface area (Å²) in [6.45, 7) is 2.41. The number of halogens is 1. The number of fused-ring (bicyclic) bond motifs is 1. The van der Waals surface area contributed by atoms with Crippen LogP contribution in [0.1, 0.15) is 46.4 Å². The number of hydrogen-bond acceptors (Lipinski definition) is 7. The summed E-state index contributed by atoms with van der Waals surface area (Å²) in [6.07, 6.45) is 5.55. The average molecular weight is 510 g/mol. The topological polar surface area (TPSA) is 142 Å². The Kier molecular flexibility index (Phi) is 6.84. The van der Waals surface area contributed by atoms with E-state index in [0.29, 0.717) is 40.5 Å². The molecule has 3 aromatic rings. The molecule has 1 saturated carbocycles. The quantitative estimate of drug-likeness (QED) is 0.340. The molecular weight excluding hydrogens is 482 g/mol. The third-order valence-corrected chi connectivity index (χ3v) is 6.93. The van der Waals surface area contributed by atoms with Crippen LogP contribution < -0.4 is 31.6 Å². The van der Waals surface area contributed by atoms with Crippen molar-refractivity contribution >= 4 is 40.0 Å². The Balaban J connectivity index is 1.42. The first kappa shape index (κ1) is 24.1. The van der Waals surface area contributed by atoms with E-state index in [1.165, 1.54) is 0 Å². The van der Waals surface area contributed by atoms with E-state index in [4.69, 9.17) is 32.5 Å². The van der Waals surface area contributed by atoms with Crippen molar-refractivity contribution < 1.29 is 19.1 Å². The van der Waals surface area contributed by atoms with Gasteiger partial charge in [-0.3, -0.25) is 14.6 Å². The van der Waals surface area contributed by atoms with Crippen molar-refractivity contribution in [3.8, 4) is 17.2 Å². The summed E-state index contributed by atoms with van der Waals surface area (Å²) in [5.74, 6) is 0.616. The lowest BCUT2D eigenvalue weighted by atomic mass is 9.99. The van der Waals surface area contributed by atoms with Gasteiger partial charge in [-0.15, -0.1) is 0 Å². The van der Waals surface area contributed by atoms with Crippen LogP contribution >= 0.6 is 11.6 Å². The number of nitrogens with zero attached hydrogens (tertiary/aromatic N) is 1. The van der Waals surface area contributed by atoms with Gasteiger partial charge in [0.25, 0.3) is 11.8 Å². The minimum absolute atomic E-state index is 0.121. The predicted molar refractivity (Wildman–Crippen MR) is 138 cm³/mol. The zero-order valence-corrected chi connectivity index (χ0v) is 20.4. The number of rotatable bonds is 8. The molecule has 0 bridgehead atoms. The van der Waals surface area contributed by atoms with Crippen LogP contribution in [0.25, 0.3) is 10.9 Å². The molecule has 2 fully saturated rings. The largest absolute Gasteiger partial charge is 0.492 e. The molecular formula is C26H28ClN5O4. The number of primary amides is 1. The van der Waals surface area contributed by atoms with Crippen LogP contribution in [0.3, 0.4) is 0 Å². The van der Waals surface area contributed by atoms with Gasteiger partial charge in [-0.1, -0.05) is 11.6 Å². The van der Waals surface area contributed by atoms with Gasteiger partial charge in [0.05, 0.1) is 34.0 Å². The molecule has 0 radical (unpaired) electrons. The van der Waals surface area contributed by atoms with Crippen LogP contribution in [-0.4, -0.2) is 42.5 Å². The van der Waals surface area contributed by atoms with Gasteiger partial charge >= 0.3 is 0 Å². The number of carbonyl (C=O) groups is 2. The second-order valence-electron chi connectivity index (χ2n) is 9.23. The molecule has 5 rings (SSSR count). The summed E-state index contributed by atoms with van der Waals surface area (Å²) >= 11 is 6.41. The number of anilines is 1. The normalized spacial score (nSPS) is 16.0. The first-order valence-electron chi connectivity index (χ1n) is 12.0. The summed E-state index contributed by atoms with van der Waals surface area (Å²) in [6, 6.07) is 8.35. The fourth-order valence-electron chi connectivity index (χ4n) is 4.25. The van der Waals surface area contributed by atoms with Crippen molar-refractivity contribution in [3.63, 3.8) is 0 Å². The molecule has 2 aromatic carbocycles. The minimum Gasteiger partial charge on any atom is -0.492 e. The Morgan fingerprint density at radius 1 is 1.06 bits per heavy atom. The maximum Gasteiger partial charge on any atom is 0.253 e. The SMILES string of the molecule is NC(=O)c1cc2c(Oc3ccc(C(=O)NC4CC4)c(Cl)c3N)ccnc2cc1OCC1CCNCC1. The number of benzene rings is 2. The lowest BCUT2D eigenvalue weighted by molar-refractivity contribution is 0.0949. The van der Waals surface area contributed by atoms with Crippen molar-refractivity contribution in [2.75, 3.05) is 25.4 Å². The number of nitrogens with one attached hydrogen (secondary N) is 2. The fraction of sp³-hybridized carbons (Fsp3) is 0.346. The number of piperidine rings is 1. The lowest BCUT2D eigenvalue weighted by Crippen LogP contribution is -2.30. The smallest absolute Gasteiger partial charge is 0.253 e. The summed E-state index contributed by atoms with van der Waals surface area (Å²) < 4.78 is 12.1. The Hall–Kier alpha value is -3.56. The van der Waals surface area contributed by atoms with Gasteiger partial charge in [0.2, 0.25) is 0 Å². The van der Waals surface area contributed by atoms with Crippen molar-refractivity contribution in [1.82, 2.24) is 15.6 Å². The Morgan fingerprint density at radius 3 is 2.56 bits per heavy atom. The number of nitrogen functional groups attached to an aromatic ring is 1. The Bertz CT molecular complexity index is 1320. The molecule has 1 aromatic heterocycles. The number of nitrogens with two attached hydrogens (primary N) is 2. The van der Waals surface area contributed by atoms with E-state index in [-0.39, 0.29) is 34.0 Å². The molecule has 2 amide bonds. The molecule has 0 atom stereocenters. The number of carbonyl (C=O) groups excluding carboxylic acids is 2. The summed E-state index contributed by atoms with van der Waals surface area (Å²) in [5.41, 5.74) is 13.1. The van der Waals surface area contributed by atoms with Crippen LogP contribution in [0.2, 0.25) is 5.02 Å². The summed E-state index contributed by atoms with van der Waals surface area (Å²) in [4.78, 5) is 29.1. The number of aromatic nitrogens is 1. The predicted octanol–water partition coefficient (Wildman–Crippen LogP) is 3.63. The first-order valence-corrected chi connectivity index (χ1v) is 12.4. The van der Waals surface area contributed by atoms with Crippen LogP contribution in [-0.2, 0) is 0 Å². The van der Waals surface area contributed by atoms with E-state index in [1.807, 2.05) is 0 Å². The zero-order chi connectivity index (χ0) is 25.2. The van der Waals surface area contributed by atoms with E-state index in [9.17, 15) is 9.59 Å². The number of pyridine rings is 1. The van der Waals surface area contributed by atoms with Crippen molar-refractivity contribution in [2.24, 2.45) is 11.7 Å². The fourth-order valence-corrected chi connectivity index (χ4v) is 4.50. The minimum atomic E-state index is -0.611. The monoisotopic (exact) mass is 509 g/mol. The third-order valence-electron chi connectivity index (χ3n) is 6.52. The van der Waals surface area contributed by atoms with Crippen molar-refractivity contribution in [3.05, 3.63) is 52.7 Å². The van der Waals surface area contributed by atoms with Gasteiger partial charge in [-0.05, 0) is 69.0 Å². The first-order chi connectivity index (χ1) is 17.4. The standard InChI is InChI=1S/C26H28ClN5O4/c27-23-16(26(34)32-15-1-2-15)3-4-21(24(23)28)36-20-7-10-31-19-12-22(18(25(29)33)11-17(19)20)35-13-14-5-8-30-9-6-14/h3-4,7,10-12,14-15,30H,1-2,5-6,8-9,13,28H2,(H2,29,33)(H,32,34). The third kappa shape index (κ3) is 5.17. The second-order valence-corrected chi connectivity index (χ2v) is 9.61. The van der Waals surface area contributed by atoms with Crippen LogP contribution in [0, 0.1) is 5.92 Å². The molecule has 6 N–H and O–H groups in total. The molecule has 0 spiro atoms. The molecule has 1 saturated heterocycles. The van der Waals surface area contributed by atoms with E-state index in [0.717, 1.165) is 38.8 Å². The molecule has 188 valence electrons. The van der Waals surface area contributed by atoms with Gasteiger partial charge in [0, 0.05) is 23.7 Å². The average Bonchev–Trinajstić information content (AvgIpc) is 3.69. The highest BCUT2D eigenvalue weighted by Crippen LogP contribution is 2.39. The molecule has 9 nitrogen and oxygen atoms in total. The molecule has 10 heteroatoms. The molecule has 2 aliphatic rings. The second kappa shape index (κ2) is 10.2. The van der Waals surface area contributed by atoms with E-state index < -0.39 is 5.91 Å². The van der Waals surface area contributed by atoms with Crippen molar-refractivity contribution in [2.45, 2.75) is 31.7 Å². The summed E-state index contributed by atoms with van der Waals surface area (Å²) in [5, 5.41) is 6.91. The number of ether oxygens (including phenoxy) is 2. The van der Waals surface area contributed by atoms with Gasteiger partial charge < -0.3 is 31.6 Å². The Morgan fingerprint density at radius 2 is 1.83 bits per heavy atom. The molecule has 1 aliphatic heterocycles. The maximum atomic E-state index is 12.4. The zero-order valence-electron chi connectivity index (χ0n) is 19.7. The Labute approximate surface area is 213 Å². The van der Waals surface area contributed by atoms with Gasteiger partial charge in [-0.25, -0.2) is 0 Å². The number of amides is 2. The lowest BCUT2D eigenvalue weighted by Gasteiger charge is -2.23. The maximum absolute atomic E-state index is 12.4. The highest BCUT2D eigenvalue weighted by molar-refractivity contribution is 6.36. The molecule has 36 heavy (non-hydrogen) atoms. The van der Waals surface area contributed by atoms with Crippen LogP contribution in [0.4, 0.5) is 5.69 Å². The van der Waals surface area contributed by atoms with E-state index in [1.54, 1.807) is 36.5 Å². The number of hydrogen-bond donors (Lipinski definition) is 4. The van der Waals surface area contributed by atoms with E-state index >= 15 is 0 Å². The van der Waals surface area contributed by atoms with Crippen LogP contribution in [0.5, 0.6) is 17.2 Å². The highest BCUT2D eigenvalue weighted by Gasteiger charge is 2.26. The molecule has 0 unspecified atom stereocenters. The van der Waals surface area contributed by atoms with Gasteiger partial charge in [0.1, 0.15) is 11.5 Å². The summed E-state index contributed by atoms with van der Waals surface area (Å²) in [7, 11) is 0. The highest BCUT2D eigenvalue weighted by atomic mass is 35.5. The van der Waals surface area contributed by atoms with Gasteiger partial charge in [-0.2, -0.15) is 0 Å². The molecule has 1 aliphatic carbocycles. The van der Waals surface area contributed by atoms with Crippen molar-refractivity contribution in [1.29, 1.82) is 0 Å².